The Bertz CT molecular complexity index is 386. The summed E-state index contributed by atoms with van der Waals surface area (Å²) in [5.41, 5.74) is -0.556. The molecule has 5 nitrogen and oxygen atoms in total. The molecule has 1 rings (SSSR count). The Morgan fingerprint density at radius 3 is 2.29 bits per heavy atom. The highest BCUT2D eigenvalue weighted by molar-refractivity contribution is 5.81. The predicted octanol–water partition coefficient (Wildman–Crippen LogP) is 2.75. The van der Waals surface area contributed by atoms with Crippen molar-refractivity contribution in [1.29, 1.82) is 0 Å². The van der Waals surface area contributed by atoms with Gasteiger partial charge in [0.25, 0.3) is 0 Å². The van der Waals surface area contributed by atoms with Gasteiger partial charge in [-0.3, -0.25) is 9.69 Å². The highest BCUT2D eigenvalue weighted by Crippen LogP contribution is 2.37. The summed E-state index contributed by atoms with van der Waals surface area (Å²) >= 11 is 0. The summed E-state index contributed by atoms with van der Waals surface area (Å²) in [7, 11) is 0. The molecule has 1 aliphatic heterocycles. The molecule has 1 saturated heterocycles. The molecule has 0 unspecified atom stereocenters. The minimum absolute atomic E-state index is 0.0141. The summed E-state index contributed by atoms with van der Waals surface area (Å²) in [5.74, 6) is -0.0770. The van der Waals surface area contributed by atoms with E-state index in [2.05, 4.69) is 0 Å². The van der Waals surface area contributed by atoms with Gasteiger partial charge in [-0.25, -0.2) is 4.79 Å². The number of carbonyl (C=O) groups excluding carboxylic acids is 2. The fraction of sp³-hybridized carbons (Fsp3) is 0.875. The van der Waals surface area contributed by atoms with Crippen molar-refractivity contribution >= 4 is 11.9 Å². The molecule has 1 aliphatic rings. The van der Waals surface area contributed by atoms with Crippen molar-refractivity contribution < 1.29 is 19.4 Å². The second-order valence-corrected chi connectivity index (χ2v) is 7.13. The highest BCUT2D eigenvalue weighted by Gasteiger charge is 2.55. The normalized spacial score (nSPS) is 23.1. The summed E-state index contributed by atoms with van der Waals surface area (Å²) in [6, 6.07) is -0.303. The number of ketones is 1. The summed E-state index contributed by atoms with van der Waals surface area (Å²) < 4.78 is 5.36. The first-order chi connectivity index (χ1) is 9.58. The standard InChI is InChI=1S/C16H29NO4/c1-7-8-11-14(13(19)9-12(18)10(2)3)17(11)15(20)21-16(4,5)6/h10-11,13-14,19H,7-9H2,1-6H3/t11-,13-,14+,17?/m1/s1. The second kappa shape index (κ2) is 6.77. The van der Waals surface area contributed by atoms with Gasteiger partial charge in [-0.05, 0) is 27.2 Å². The van der Waals surface area contributed by atoms with Gasteiger partial charge in [0.15, 0.2) is 0 Å². The van der Waals surface area contributed by atoms with Crippen molar-refractivity contribution in [3.05, 3.63) is 0 Å². The average molecular weight is 299 g/mol. The predicted molar refractivity (Wildman–Crippen MR) is 81.0 cm³/mol. The van der Waals surface area contributed by atoms with Gasteiger partial charge in [-0.15, -0.1) is 0 Å². The maximum Gasteiger partial charge on any atom is 0.411 e. The maximum absolute atomic E-state index is 12.1. The molecule has 0 spiro atoms. The van der Waals surface area contributed by atoms with Crippen LogP contribution in [0.15, 0.2) is 0 Å². The summed E-state index contributed by atoms with van der Waals surface area (Å²) in [5, 5.41) is 10.3. The van der Waals surface area contributed by atoms with Gasteiger partial charge in [0.1, 0.15) is 11.4 Å². The second-order valence-electron chi connectivity index (χ2n) is 7.13. The summed E-state index contributed by atoms with van der Waals surface area (Å²) in [6.07, 6.45) is 0.634. The molecule has 21 heavy (non-hydrogen) atoms. The lowest BCUT2D eigenvalue weighted by Crippen LogP contribution is -2.31. The smallest absolute Gasteiger partial charge is 0.411 e. The average Bonchev–Trinajstić information content (AvgIpc) is 3.01. The minimum Gasteiger partial charge on any atom is -0.444 e. The van der Waals surface area contributed by atoms with E-state index in [0.29, 0.717) is 0 Å². The third-order valence-electron chi connectivity index (χ3n) is 3.62. The molecule has 0 radical (unpaired) electrons. The molecule has 1 fully saturated rings. The Balaban J connectivity index is 2.67. The van der Waals surface area contributed by atoms with E-state index in [9.17, 15) is 14.7 Å². The molecule has 0 bridgehead atoms. The third-order valence-corrected chi connectivity index (χ3v) is 3.62. The Hall–Kier alpha value is -1.10. The van der Waals surface area contributed by atoms with Crippen molar-refractivity contribution in [2.45, 2.75) is 84.6 Å². The monoisotopic (exact) mass is 299 g/mol. The SMILES string of the molecule is CCC[C@@H]1[C@@H]([C@H](O)CC(=O)C(C)C)N1C(=O)OC(C)(C)C. The number of ether oxygens (including phenoxy) is 1. The van der Waals surface area contributed by atoms with Crippen LogP contribution >= 0.6 is 0 Å². The van der Waals surface area contributed by atoms with Crippen molar-refractivity contribution in [3.8, 4) is 0 Å². The van der Waals surface area contributed by atoms with Crippen LogP contribution in [0.4, 0.5) is 4.79 Å². The lowest BCUT2D eigenvalue weighted by Gasteiger charge is -2.20. The summed E-state index contributed by atoms with van der Waals surface area (Å²) in [4.78, 5) is 25.5. The number of rotatable bonds is 6. The number of aliphatic hydroxyl groups excluding tert-OH is 1. The number of hydrogen-bond donors (Lipinski definition) is 1. The van der Waals surface area contributed by atoms with Crippen LogP contribution in [0.5, 0.6) is 0 Å². The van der Waals surface area contributed by atoms with E-state index in [0.717, 1.165) is 12.8 Å². The Kier molecular flexibility index (Phi) is 5.79. The van der Waals surface area contributed by atoms with Crippen LogP contribution in [0.25, 0.3) is 0 Å². The molecule has 0 aliphatic carbocycles. The fourth-order valence-corrected chi connectivity index (χ4v) is 2.48. The van der Waals surface area contributed by atoms with Gasteiger partial charge in [0, 0.05) is 12.3 Å². The molecule has 1 amide bonds. The van der Waals surface area contributed by atoms with E-state index < -0.39 is 17.8 Å². The van der Waals surface area contributed by atoms with E-state index in [4.69, 9.17) is 4.74 Å². The van der Waals surface area contributed by atoms with E-state index in [-0.39, 0.29) is 30.2 Å². The first-order valence-electron chi connectivity index (χ1n) is 7.80. The molecule has 0 aromatic carbocycles. The molecule has 1 heterocycles. The number of Topliss-reactive ketones (excluding diaryl/α,β-unsaturated/α-hetero) is 1. The molecular weight excluding hydrogens is 270 g/mol. The quantitative estimate of drug-likeness (QED) is 0.766. The largest absolute Gasteiger partial charge is 0.444 e. The lowest BCUT2D eigenvalue weighted by atomic mass is 10.00. The van der Waals surface area contributed by atoms with Gasteiger partial charge < -0.3 is 9.84 Å². The van der Waals surface area contributed by atoms with Crippen molar-refractivity contribution in [2.24, 2.45) is 5.92 Å². The van der Waals surface area contributed by atoms with Crippen LogP contribution in [0.3, 0.4) is 0 Å². The number of amides is 1. The first-order valence-corrected chi connectivity index (χ1v) is 7.80. The molecule has 3 atom stereocenters. The number of nitrogens with zero attached hydrogens (tertiary/aromatic N) is 1. The van der Waals surface area contributed by atoms with Gasteiger partial charge in [0.05, 0.1) is 18.2 Å². The topological polar surface area (TPSA) is 66.6 Å². The fourth-order valence-electron chi connectivity index (χ4n) is 2.48. The zero-order valence-corrected chi connectivity index (χ0v) is 14.0. The molecular formula is C16H29NO4. The van der Waals surface area contributed by atoms with Gasteiger partial charge >= 0.3 is 6.09 Å². The molecule has 0 aromatic heterocycles. The van der Waals surface area contributed by atoms with Gasteiger partial charge in [-0.2, -0.15) is 0 Å². The Morgan fingerprint density at radius 2 is 1.86 bits per heavy atom. The van der Waals surface area contributed by atoms with Crippen molar-refractivity contribution in [1.82, 2.24) is 4.90 Å². The molecule has 1 N–H and O–H groups in total. The first kappa shape index (κ1) is 18.0. The number of carbonyl (C=O) groups is 2. The van der Waals surface area contributed by atoms with Crippen molar-refractivity contribution in [2.75, 3.05) is 0 Å². The molecule has 5 heteroatoms. The van der Waals surface area contributed by atoms with Gasteiger partial charge in [-0.1, -0.05) is 27.2 Å². The molecule has 0 aromatic rings. The van der Waals surface area contributed by atoms with E-state index in [1.807, 2.05) is 41.5 Å². The number of aliphatic hydroxyl groups is 1. The minimum atomic E-state index is -0.802. The molecule has 122 valence electrons. The summed E-state index contributed by atoms with van der Waals surface area (Å²) in [6.45, 7) is 11.1. The Morgan fingerprint density at radius 1 is 1.29 bits per heavy atom. The van der Waals surface area contributed by atoms with Crippen molar-refractivity contribution in [3.63, 3.8) is 0 Å². The van der Waals surface area contributed by atoms with Gasteiger partial charge in [0.2, 0.25) is 0 Å². The van der Waals surface area contributed by atoms with Crippen LogP contribution in [0.1, 0.15) is 60.8 Å². The van der Waals surface area contributed by atoms with Crippen LogP contribution in [0.2, 0.25) is 0 Å². The van der Waals surface area contributed by atoms with E-state index in [1.165, 1.54) is 0 Å². The van der Waals surface area contributed by atoms with Crippen LogP contribution in [-0.4, -0.2) is 45.7 Å². The van der Waals surface area contributed by atoms with E-state index in [1.54, 1.807) is 4.90 Å². The van der Waals surface area contributed by atoms with Crippen LogP contribution < -0.4 is 0 Å². The Labute approximate surface area is 127 Å². The molecule has 0 saturated carbocycles. The van der Waals surface area contributed by atoms with Crippen LogP contribution in [-0.2, 0) is 9.53 Å². The van der Waals surface area contributed by atoms with Crippen LogP contribution in [0, 0.1) is 5.92 Å². The zero-order chi connectivity index (χ0) is 16.4. The third kappa shape index (κ3) is 4.99. The highest BCUT2D eigenvalue weighted by atomic mass is 16.6. The zero-order valence-electron chi connectivity index (χ0n) is 14.0. The maximum atomic E-state index is 12.1. The lowest BCUT2D eigenvalue weighted by molar-refractivity contribution is -0.123. The van der Waals surface area contributed by atoms with E-state index >= 15 is 0 Å². The number of hydrogen-bond acceptors (Lipinski definition) is 4.